The molecule has 1 fully saturated rings. The second kappa shape index (κ2) is 10.1. The monoisotopic (exact) mass is 491 g/mol. The fraction of sp³-hybridized carbons (Fsp3) is 0.321. The van der Waals surface area contributed by atoms with Crippen LogP contribution < -0.4 is 9.21 Å². The molecule has 0 N–H and O–H groups in total. The zero-order valence-electron chi connectivity index (χ0n) is 20.9. The highest BCUT2D eigenvalue weighted by atomic mass is 32.2. The first-order valence-electron chi connectivity index (χ1n) is 11.9. The van der Waals surface area contributed by atoms with Crippen molar-refractivity contribution in [2.45, 2.75) is 32.6 Å². The number of piperazine rings is 1. The van der Waals surface area contributed by atoms with Gasteiger partial charge in [-0.1, -0.05) is 36.4 Å². The Hall–Kier alpha value is -3.32. The van der Waals surface area contributed by atoms with E-state index in [1.165, 1.54) is 21.1 Å². The molecule has 35 heavy (non-hydrogen) atoms. The molecule has 0 bridgehead atoms. The number of benzene rings is 3. The minimum Gasteiger partial charge on any atom is -0.368 e. The van der Waals surface area contributed by atoms with E-state index in [1.54, 1.807) is 35.2 Å². The molecule has 184 valence electrons. The quantitative estimate of drug-likeness (QED) is 0.511. The molecule has 0 aromatic heterocycles. The minimum absolute atomic E-state index is 0.173. The number of anilines is 2. The first kappa shape index (κ1) is 24.8. The molecule has 3 aromatic rings. The molecule has 0 unspecified atom stereocenters. The molecule has 7 heteroatoms. The number of rotatable bonds is 6. The Morgan fingerprint density at radius 1 is 0.829 bits per heavy atom. The molecule has 1 saturated heterocycles. The van der Waals surface area contributed by atoms with E-state index in [4.69, 9.17) is 0 Å². The summed E-state index contributed by atoms with van der Waals surface area (Å²) in [5, 5.41) is 0. The number of carbonyl (C=O) groups excluding carboxylic acids is 1. The zero-order valence-corrected chi connectivity index (χ0v) is 21.7. The van der Waals surface area contributed by atoms with Crippen molar-refractivity contribution in [3.8, 4) is 0 Å². The highest BCUT2D eigenvalue weighted by Crippen LogP contribution is 2.27. The normalized spacial score (nSPS) is 14.2. The summed E-state index contributed by atoms with van der Waals surface area (Å²) in [5.74, 6) is -0.190. The van der Waals surface area contributed by atoms with Crippen LogP contribution in [0.1, 0.15) is 22.3 Å². The van der Waals surface area contributed by atoms with Crippen LogP contribution in [0.3, 0.4) is 0 Å². The lowest BCUT2D eigenvalue weighted by Crippen LogP contribution is -2.52. The Morgan fingerprint density at radius 2 is 1.46 bits per heavy atom. The SMILES string of the molecule is Cc1cc(C)cc(N(CC(=O)N2CCN(c3cccc(C)c3C)CC2)S(=O)(=O)c2ccccc2)c1. The average molecular weight is 492 g/mol. The number of hydrogen-bond acceptors (Lipinski definition) is 4. The van der Waals surface area contributed by atoms with Crippen LogP contribution in [-0.2, 0) is 14.8 Å². The van der Waals surface area contributed by atoms with Crippen LogP contribution in [-0.4, -0.2) is 51.9 Å². The van der Waals surface area contributed by atoms with E-state index in [0.717, 1.165) is 11.1 Å². The third-order valence-corrected chi connectivity index (χ3v) is 8.44. The molecule has 6 nitrogen and oxygen atoms in total. The van der Waals surface area contributed by atoms with Crippen molar-refractivity contribution in [2.75, 3.05) is 41.9 Å². The van der Waals surface area contributed by atoms with E-state index in [-0.39, 0.29) is 17.3 Å². The van der Waals surface area contributed by atoms with E-state index in [1.807, 2.05) is 32.0 Å². The van der Waals surface area contributed by atoms with Gasteiger partial charge in [0.1, 0.15) is 6.54 Å². The summed E-state index contributed by atoms with van der Waals surface area (Å²) in [6, 6.07) is 20.2. The van der Waals surface area contributed by atoms with Gasteiger partial charge in [-0.05, 0) is 80.3 Å². The number of carbonyl (C=O) groups is 1. The molecule has 1 amide bonds. The van der Waals surface area contributed by atoms with Gasteiger partial charge in [0.15, 0.2) is 0 Å². The molecule has 1 heterocycles. The lowest BCUT2D eigenvalue weighted by Gasteiger charge is -2.38. The summed E-state index contributed by atoms with van der Waals surface area (Å²) in [6.45, 7) is 10.4. The lowest BCUT2D eigenvalue weighted by molar-refractivity contribution is -0.129. The van der Waals surface area contributed by atoms with E-state index in [0.29, 0.717) is 31.9 Å². The summed E-state index contributed by atoms with van der Waals surface area (Å²) in [7, 11) is -3.91. The highest BCUT2D eigenvalue weighted by molar-refractivity contribution is 7.92. The molecule has 1 aliphatic heterocycles. The third-order valence-electron chi connectivity index (χ3n) is 6.65. The standard InChI is InChI=1S/C28H33N3O3S/c1-21-17-22(2)19-25(18-21)31(35(33,34)26-10-6-5-7-11-26)20-28(32)30-15-13-29(14-16-30)27-12-8-9-23(3)24(27)4/h5-12,17-19H,13-16,20H2,1-4H3. The second-order valence-corrected chi connectivity index (χ2v) is 11.1. The van der Waals surface area contributed by atoms with Crippen molar-refractivity contribution in [3.05, 3.63) is 89.0 Å². The van der Waals surface area contributed by atoms with Crippen molar-refractivity contribution < 1.29 is 13.2 Å². The number of sulfonamides is 1. The number of nitrogens with zero attached hydrogens (tertiary/aromatic N) is 3. The van der Waals surface area contributed by atoms with Crippen LogP contribution in [0.15, 0.2) is 71.6 Å². The van der Waals surface area contributed by atoms with Crippen LogP contribution in [0.2, 0.25) is 0 Å². The second-order valence-electron chi connectivity index (χ2n) is 9.26. The zero-order chi connectivity index (χ0) is 25.2. The largest absolute Gasteiger partial charge is 0.368 e. The van der Waals surface area contributed by atoms with Crippen LogP contribution in [0.4, 0.5) is 11.4 Å². The summed E-state index contributed by atoms with van der Waals surface area (Å²) in [6.07, 6.45) is 0. The summed E-state index contributed by atoms with van der Waals surface area (Å²) in [4.78, 5) is 17.6. The molecule has 0 atom stereocenters. The van der Waals surface area contributed by atoms with Crippen molar-refractivity contribution in [2.24, 2.45) is 0 Å². The smallest absolute Gasteiger partial charge is 0.264 e. The molecule has 0 spiro atoms. The Bertz CT molecular complexity index is 1290. The Morgan fingerprint density at radius 3 is 2.09 bits per heavy atom. The first-order valence-corrected chi connectivity index (χ1v) is 13.4. The maximum atomic E-state index is 13.6. The fourth-order valence-electron chi connectivity index (χ4n) is 4.63. The fourth-order valence-corrected chi connectivity index (χ4v) is 6.05. The molecule has 4 rings (SSSR count). The van der Waals surface area contributed by atoms with Gasteiger partial charge in [0.05, 0.1) is 10.6 Å². The van der Waals surface area contributed by atoms with Gasteiger partial charge in [0, 0.05) is 31.9 Å². The van der Waals surface area contributed by atoms with Crippen LogP contribution in [0.25, 0.3) is 0 Å². The van der Waals surface area contributed by atoms with Gasteiger partial charge in [-0.25, -0.2) is 8.42 Å². The van der Waals surface area contributed by atoms with E-state index in [2.05, 4.69) is 36.9 Å². The highest BCUT2D eigenvalue weighted by Gasteiger charge is 2.30. The van der Waals surface area contributed by atoms with Gasteiger partial charge in [-0.3, -0.25) is 9.10 Å². The number of aryl methyl sites for hydroxylation is 3. The molecule has 0 saturated carbocycles. The predicted octanol–water partition coefficient (Wildman–Crippen LogP) is 4.46. The van der Waals surface area contributed by atoms with E-state index >= 15 is 0 Å². The lowest BCUT2D eigenvalue weighted by atomic mass is 10.1. The van der Waals surface area contributed by atoms with Gasteiger partial charge in [0.25, 0.3) is 10.0 Å². The summed E-state index contributed by atoms with van der Waals surface area (Å²) >= 11 is 0. The molecular weight excluding hydrogens is 458 g/mol. The van der Waals surface area contributed by atoms with Gasteiger partial charge in [-0.2, -0.15) is 0 Å². The Kier molecular flexibility index (Phi) is 7.17. The minimum atomic E-state index is -3.91. The van der Waals surface area contributed by atoms with Crippen LogP contribution in [0.5, 0.6) is 0 Å². The van der Waals surface area contributed by atoms with Crippen molar-refractivity contribution in [3.63, 3.8) is 0 Å². The van der Waals surface area contributed by atoms with Gasteiger partial charge >= 0.3 is 0 Å². The summed E-state index contributed by atoms with van der Waals surface area (Å²) < 4.78 is 28.5. The molecule has 1 aliphatic rings. The van der Waals surface area contributed by atoms with Gasteiger partial charge < -0.3 is 9.80 Å². The molecule has 3 aromatic carbocycles. The molecule has 0 radical (unpaired) electrons. The van der Waals surface area contributed by atoms with Crippen molar-refractivity contribution in [1.29, 1.82) is 0 Å². The van der Waals surface area contributed by atoms with Gasteiger partial charge in [-0.15, -0.1) is 0 Å². The maximum absolute atomic E-state index is 13.6. The van der Waals surface area contributed by atoms with Crippen LogP contribution >= 0.6 is 0 Å². The molecule has 0 aliphatic carbocycles. The van der Waals surface area contributed by atoms with Gasteiger partial charge in [0.2, 0.25) is 5.91 Å². The van der Waals surface area contributed by atoms with Crippen molar-refractivity contribution in [1.82, 2.24) is 4.90 Å². The van der Waals surface area contributed by atoms with E-state index in [9.17, 15) is 13.2 Å². The number of amides is 1. The number of hydrogen-bond donors (Lipinski definition) is 0. The maximum Gasteiger partial charge on any atom is 0.264 e. The Labute approximate surface area is 208 Å². The van der Waals surface area contributed by atoms with Crippen LogP contribution in [0, 0.1) is 27.7 Å². The third kappa shape index (κ3) is 5.35. The first-order chi connectivity index (χ1) is 16.7. The topological polar surface area (TPSA) is 60.9 Å². The Balaban J connectivity index is 1.56. The predicted molar refractivity (Wildman–Crippen MR) is 142 cm³/mol. The molecular formula is C28H33N3O3S. The van der Waals surface area contributed by atoms with E-state index < -0.39 is 10.0 Å². The van der Waals surface area contributed by atoms with Crippen molar-refractivity contribution >= 4 is 27.3 Å². The summed E-state index contributed by atoms with van der Waals surface area (Å²) in [5.41, 5.74) is 6.10. The average Bonchev–Trinajstić information content (AvgIpc) is 2.84.